The Kier molecular flexibility index (Phi) is 3.68. The molecule has 0 aliphatic rings. The number of Topliss-reactive ketones (excluding diaryl/α,β-unsaturated/α-hetero) is 1. The van der Waals surface area contributed by atoms with Crippen LogP contribution in [0.2, 0.25) is 0 Å². The predicted octanol–water partition coefficient (Wildman–Crippen LogP) is 2.80. The Morgan fingerprint density at radius 2 is 2.28 bits per heavy atom. The lowest BCUT2D eigenvalue weighted by Crippen LogP contribution is -1.96. The Morgan fingerprint density at radius 3 is 2.83 bits per heavy atom. The second-order valence-electron chi connectivity index (χ2n) is 3.31. The van der Waals surface area contributed by atoms with Crippen LogP contribution in [0.15, 0.2) is 33.8 Å². The van der Waals surface area contributed by atoms with Crippen LogP contribution in [0.1, 0.15) is 17.3 Å². The zero-order valence-corrected chi connectivity index (χ0v) is 10.8. The summed E-state index contributed by atoms with van der Waals surface area (Å²) in [6, 6.07) is 4.41. The fourth-order valence-electron chi connectivity index (χ4n) is 1.27. The van der Waals surface area contributed by atoms with Crippen molar-refractivity contribution in [2.45, 2.75) is 16.2 Å². The van der Waals surface area contributed by atoms with Crippen molar-refractivity contribution >= 4 is 34.8 Å². The zero-order chi connectivity index (χ0) is 13.1. The minimum absolute atomic E-state index is 0.0945. The first-order valence-electron chi connectivity index (χ1n) is 4.82. The first-order chi connectivity index (χ1) is 8.58. The van der Waals surface area contributed by atoms with Gasteiger partial charge in [-0.15, -0.1) is 0 Å². The van der Waals surface area contributed by atoms with Gasteiger partial charge >= 0.3 is 0 Å². The minimum atomic E-state index is -0.504. The summed E-state index contributed by atoms with van der Waals surface area (Å²) in [5.41, 5.74) is 0.228. The van der Waals surface area contributed by atoms with Crippen LogP contribution in [-0.2, 0) is 0 Å². The van der Waals surface area contributed by atoms with E-state index in [9.17, 15) is 14.9 Å². The average Bonchev–Trinajstić information content (AvgIpc) is 2.81. The molecule has 1 aromatic heterocycles. The van der Waals surface area contributed by atoms with Crippen LogP contribution in [0.4, 0.5) is 5.69 Å². The number of benzene rings is 1. The third-order valence-electron chi connectivity index (χ3n) is 2.10. The number of nitro benzene ring substituents is 1. The van der Waals surface area contributed by atoms with Gasteiger partial charge in [-0.1, -0.05) is 11.8 Å². The lowest BCUT2D eigenvalue weighted by atomic mass is 10.1. The van der Waals surface area contributed by atoms with Crippen molar-refractivity contribution < 1.29 is 9.72 Å². The number of carbonyl (C=O) groups is 1. The highest BCUT2D eigenvalue weighted by Gasteiger charge is 2.18. The molecular formula is C10H7N3O3S2. The lowest BCUT2D eigenvalue weighted by Gasteiger charge is -2.01. The van der Waals surface area contributed by atoms with Crippen molar-refractivity contribution in [2.75, 3.05) is 0 Å². The highest BCUT2D eigenvalue weighted by atomic mass is 32.2. The highest BCUT2D eigenvalue weighted by Crippen LogP contribution is 2.35. The number of nitro groups is 1. The maximum absolute atomic E-state index is 11.2. The molecule has 18 heavy (non-hydrogen) atoms. The second kappa shape index (κ2) is 5.23. The van der Waals surface area contributed by atoms with Gasteiger partial charge in [-0.05, 0) is 30.6 Å². The molecule has 6 nitrogen and oxygen atoms in total. The lowest BCUT2D eigenvalue weighted by molar-refractivity contribution is -0.387. The summed E-state index contributed by atoms with van der Waals surface area (Å²) >= 11 is 2.32. The summed E-state index contributed by atoms with van der Waals surface area (Å²) in [4.78, 5) is 26.1. The molecule has 2 rings (SSSR count). The molecule has 0 aliphatic carbocycles. The van der Waals surface area contributed by atoms with E-state index in [1.165, 1.54) is 19.3 Å². The van der Waals surface area contributed by atoms with E-state index in [1.54, 1.807) is 12.1 Å². The van der Waals surface area contributed by atoms with Gasteiger partial charge in [0.05, 0.1) is 9.82 Å². The van der Waals surface area contributed by atoms with Gasteiger partial charge in [0, 0.05) is 11.6 Å². The van der Waals surface area contributed by atoms with E-state index in [0.717, 1.165) is 23.3 Å². The summed E-state index contributed by atoms with van der Waals surface area (Å²) in [5, 5.41) is 11.0. The van der Waals surface area contributed by atoms with Crippen LogP contribution in [0, 0.1) is 10.1 Å². The molecule has 0 radical (unpaired) electrons. The molecule has 0 amide bonds. The molecular weight excluding hydrogens is 274 g/mol. The standard InChI is InChI=1S/C10H7N3O3S2/c1-6(14)7-2-3-9(8(4-7)13(15)16)17-10-11-5-12-18-10/h2-5H,1H3. The fraction of sp³-hybridized carbons (Fsp3) is 0.100. The Morgan fingerprint density at radius 1 is 1.50 bits per heavy atom. The normalized spacial score (nSPS) is 10.3. The molecule has 0 saturated heterocycles. The third kappa shape index (κ3) is 2.71. The van der Waals surface area contributed by atoms with Crippen molar-refractivity contribution in [3.63, 3.8) is 0 Å². The molecule has 0 aliphatic heterocycles. The van der Waals surface area contributed by atoms with Gasteiger partial charge in [-0.25, -0.2) is 4.98 Å². The number of hydrogen-bond acceptors (Lipinski definition) is 7. The number of aromatic nitrogens is 2. The monoisotopic (exact) mass is 281 g/mol. The van der Waals surface area contributed by atoms with Gasteiger partial charge in [0.25, 0.3) is 5.69 Å². The SMILES string of the molecule is CC(=O)c1ccc(Sc2ncns2)c([N+](=O)[O-])c1. The summed E-state index contributed by atoms with van der Waals surface area (Å²) in [5.74, 6) is -0.203. The first-order valence-corrected chi connectivity index (χ1v) is 6.41. The van der Waals surface area contributed by atoms with E-state index in [2.05, 4.69) is 9.36 Å². The predicted molar refractivity (Wildman–Crippen MR) is 67.1 cm³/mol. The van der Waals surface area contributed by atoms with E-state index in [4.69, 9.17) is 0 Å². The van der Waals surface area contributed by atoms with Gasteiger partial charge < -0.3 is 0 Å². The number of hydrogen-bond donors (Lipinski definition) is 0. The van der Waals surface area contributed by atoms with Crippen molar-refractivity contribution in [3.05, 3.63) is 40.2 Å². The maximum Gasteiger partial charge on any atom is 0.284 e. The Labute approximate surface area is 110 Å². The second-order valence-corrected chi connectivity index (χ2v) is 5.37. The van der Waals surface area contributed by atoms with Gasteiger partial charge in [0.1, 0.15) is 6.33 Å². The maximum atomic E-state index is 11.2. The molecule has 2 aromatic rings. The quantitative estimate of drug-likeness (QED) is 0.486. The number of nitrogens with zero attached hydrogens (tertiary/aromatic N) is 3. The largest absolute Gasteiger partial charge is 0.295 e. The average molecular weight is 281 g/mol. The molecule has 0 unspecified atom stereocenters. The van der Waals surface area contributed by atoms with Gasteiger partial charge in [-0.2, -0.15) is 4.37 Å². The zero-order valence-electron chi connectivity index (χ0n) is 9.19. The molecule has 1 aromatic carbocycles. The third-order valence-corrected chi connectivity index (χ3v) is 3.88. The molecule has 0 saturated carbocycles. The van der Waals surface area contributed by atoms with Crippen LogP contribution in [0.25, 0.3) is 0 Å². The van der Waals surface area contributed by atoms with Gasteiger partial charge in [-0.3, -0.25) is 14.9 Å². The smallest absolute Gasteiger partial charge is 0.284 e. The Balaban J connectivity index is 2.40. The molecule has 0 fully saturated rings. The van der Waals surface area contributed by atoms with E-state index >= 15 is 0 Å². The van der Waals surface area contributed by atoms with Crippen molar-refractivity contribution in [2.24, 2.45) is 0 Å². The van der Waals surface area contributed by atoms with Crippen molar-refractivity contribution in [3.8, 4) is 0 Å². The van der Waals surface area contributed by atoms with Gasteiger partial charge in [0.2, 0.25) is 0 Å². The fourth-order valence-corrected chi connectivity index (χ4v) is 2.76. The van der Waals surface area contributed by atoms with E-state index in [-0.39, 0.29) is 11.5 Å². The summed E-state index contributed by atoms with van der Waals surface area (Å²) < 4.78 is 4.44. The molecule has 92 valence electrons. The van der Waals surface area contributed by atoms with Crippen molar-refractivity contribution in [1.29, 1.82) is 0 Å². The van der Waals surface area contributed by atoms with Crippen LogP contribution < -0.4 is 0 Å². The Hall–Kier alpha value is -1.80. The van der Waals surface area contributed by atoms with Crippen molar-refractivity contribution in [1.82, 2.24) is 9.36 Å². The minimum Gasteiger partial charge on any atom is -0.295 e. The number of carbonyl (C=O) groups excluding carboxylic acids is 1. The molecule has 0 bridgehead atoms. The van der Waals surface area contributed by atoms with Crippen LogP contribution in [0.5, 0.6) is 0 Å². The number of rotatable bonds is 4. The summed E-state index contributed by atoms with van der Waals surface area (Å²) in [7, 11) is 0. The molecule has 0 spiro atoms. The molecule has 0 atom stereocenters. The van der Waals surface area contributed by atoms with Crippen LogP contribution >= 0.6 is 23.3 Å². The topological polar surface area (TPSA) is 86.0 Å². The van der Waals surface area contributed by atoms with Crippen LogP contribution in [0.3, 0.4) is 0 Å². The van der Waals surface area contributed by atoms with Gasteiger partial charge in [0.15, 0.2) is 10.1 Å². The van der Waals surface area contributed by atoms with E-state index < -0.39 is 4.92 Å². The van der Waals surface area contributed by atoms with Crippen LogP contribution in [-0.4, -0.2) is 20.1 Å². The van der Waals surface area contributed by atoms with E-state index in [0.29, 0.717) is 14.8 Å². The molecule has 0 N–H and O–H groups in total. The molecule has 8 heteroatoms. The summed E-state index contributed by atoms with van der Waals surface area (Å²) in [6.07, 6.45) is 1.39. The Bertz CT molecular complexity index is 598. The first kappa shape index (κ1) is 12.7. The van der Waals surface area contributed by atoms with E-state index in [1.807, 2.05) is 0 Å². The number of ketones is 1. The summed E-state index contributed by atoms with van der Waals surface area (Å²) in [6.45, 7) is 1.37. The molecule has 1 heterocycles. The highest BCUT2D eigenvalue weighted by molar-refractivity contribution is 8.01.